The van der Waals surface area contributed by atoms with E-state index in [1.165, 1.54) is 11.6 Å². The molecule has 1 aromatic carbocycles. The summed E-state index contributed by atoms with van der Waals surface area (Å²) in [7, 11) is 0. The maximum atomic E-state index is 11.4. The van der Waals surface area contributed by atoms with Gasteiger partial charge >= 0.3 is 5.97 Å². The molecule has 1 heterocycles. The summed E-state index contributed by atoms with van der Waals surface area (Å²) in [6, 6.07) is 7.23. The fraction of sp³-hybridized carbons (Fsp3) is 0.417. The Hall–Kier alpha value is -1.95. The minimum absolute atomic E-state index is 0.172. The molecule has 0 aliphatic carbocycles. The van der Waals surface area contributed by atoms with E-state index in [-0.39, 0.29) is 13.0 Å². The van der Waals surface area contributed by atoms with Crippen molar-refractivity contribution in [2.75, 3.05) is 6.61 Å². The minimum Gasteiger partial charge on any atom is -0.466 e. The zero-order chi connectivity index (χ0) is 13.2. The number of esters is 1. The van der Waals surface area contributed by atoms with E-state index in [0.717, 1.165) is 0 Å². The van der Waals surface area contributed by atoms with Crippen LogP contribution in [0.2, 0.25) is 0 Å². The van der Waals surface area contributed by atoms with E-state index in [4.69, 9.17) is 4.74 Å². The second-order valence-corrected chi connectivity index (χ2v) is 4.19. The Morgan fingerprint density at radius 2 is 2.22 bits per heavy atom. The van der Waals surface area contributed by atoms with Crippen LogP contribution < -0.4 is 0 Å². The molecule has 0 saturated carbocycles. The molecule has 18 heavy (non-hydrogen) atoms. The van der Waals surface area contributed by atoms with Gasteiger partial charge in [0, 0.05) is 0 Å². The Labute approximate surface area is 104 Å². The zero-order valence-corrected chi connectivity index (χ0v) is 10.3. The van der Waals surface area contributed by atoms with Crippen molar-refractivity contribution in [2.24, 2.45) is 0 Å². The molecule has 0 fully saturated rings. The lowest BCUT2D eigenvalue weighted by atomic mass is 10.1. The molecule has 0 spiro atoms. The monoisotopic (exact) mass is 249 g/mol. The van der Waals surface area contributed by atoms with Crippen LogP contribution in [-0.2, 0) is 15.3 Å². The molecule has 1 N–H and O–H groups in total. The number of carbonyl (C=O) groups excluding carboxylic acids is 1. The molecule has 0 radical (unpaired) electrons. The van der Waals surface area contributed by atoms with Gasteiger partial charge in [-0.15, -0.1) is 5.10 Å². The van der Waals surface area contributed by atoms with Crippen LogP contribution >= 0.6 is 0 Å². The summed E-state index contributed by atoms with van der Waals surface area (Å²) in [6.45, 7) is 3.51. The highest BCUT2D eigenvalue weighted by Gasteiger charge is 2.30. The number of para-hydroxylation sites is 1. The Bertz CT molecular complexity index is 562. The van der Waals surface area contributed by atoms with Gasteiger partial charge in [-0.2, -0.15) is 0 Å². The molecule has 0 unspecified atom stereocenters. The summed E-state index contributed by atoms with van der Waals surface area (Å²) >= 11 is 0. The predicted molar refractivity (Wildman–Crippen MR) is 64.6 cm³/mol. The van der Waals surface area contributed by atoms with E-state index in [1.54, 1.807) is 19.1 Å². The van der Waals surface area contributed by atoms with Gasteiger partial charge in [-0.3, -0.25) is 4.79 Å². The summed E-state index contributed by atoms with van der Waals surface area (Å²) in [4.78, 5) is 11.4. The van der Waals surface area contributed by atoms with Crippen LogP contribution in [-0.4, -0.2) is 32.7 Å². The van der Waals surface area contributed by atoms with Crippen molar-refractivity contribution in [2.45, 2.75) is 26.0 Å². The Balaban J connectivity index is 2.31. The molecule has 2 aromatic rings. The molecule has 6 heteroatoms. The summed E-state index contributed by atoms with van der Waals surface area (Å²) < 4.78 is 6.16. The fourth-order valence-corrected chi connectivity index (χ4v) is 1.79. The SMILES string of the molecule is CCOC(=O)C[C@](C)(O)n1nnc2ccccc21. The smallest absolute Gasteiger partial charge is 0.310 e. The lowest BCUT2D eigenvalue weighted by Crippen LogP contribution is -2.34. The van der Waals surface area contributed by atoms with E-state index in [0.29, 0.717) is 11.0 Å². The molecule has 96 valence electrons. The van der Waals surface area contributed by atoms with Crippen LogP contribution in [0.1, 0.15) is 20.3 Å². The highest BCUT2D eigenvalue weighted by atomic mass is 16.5. The third-order valence-corrected chi connectivity index (χ3v) is 2.59. The summed E-state index contributed by atoms with van der Waals surface area (Å²) in [5.74, 6) is -0.470. The molecule has 1 atom stereocenters. The molecule has 0 amide bonds. The number of aromatic nitrogens is 3. The average molecular weight is 249 g/mol. The standard InChI is InChI=1S/C12H15N3O3/c1-3-18-11(16)8-12(2,17)15-10-7-5-4-6-9(10)13-14-15/h4-7,17H,3,8H2,1-2H3/t12-/m0/s1. The van der Waals surface area contributed by atoms with Gasteiger partial charge in [0.25, 0.3) is 0 Å². The van der Waals surface area contributed by atoms with Gasteiger partial charge in [0.2, 0.25) is 0 Å². The lowest BCUT2D eigenvalue weighted by Gasteiger charge is -2.22. The van der Waals surface area contributed by atoms with Crippen molar-refractivity contribution in [3.8, 4) is 0 Å². The third-order valence-electron chi connectivity index (χ3n) is 2.59. The largest absolute Gasteiger partial charge is 0.466 e. The van der Waals surface area contributed by atoms with Crippen LogP contribution in [0.15, 0.2) is 24.3 Å². The van der Waals surface area contributed by atoms with Gasteiger partial charge in [0.1, 0.15) is 5.52 Å². The van der Waals surface area contributed by atoms with Crippen LogP contribution in [0, 0.1) is 0 Å². The summed E-state index contributed by atoms with van der Waals surface area (Å²) in [6.07, 6.45) is -0.172. The number of hydrogen-bond donors (Lipinski definition) is 1. The molecule has 0 saturated heterocycles. The first-order chi connectivity index (χ1) is 8.54. The van der Waals surface area contributed by atoms with Gasteiger partial charge < -0.3 is 9.84 Å². The highest BCUT2D eigenvalue weighted by Crippen LogP contribution is 2.21. The average Bonchev–Trinajstić information content (AvgIpc) is 2.72. The van der Waals surface area contributed by atoms with Crippen molar-refractivity contribution < 1.29 is 14.6 Å². The van der Waals surface area contributed by atoms with Crippen molar-refractivity contribution in [3.63, 3.8) is 0 Å². The second-order valence-electron chi connectivity index (χ2n) is 4.19. The molecule has 6 nitrogen and oxygen atoms in total. The number of ether oxygens (including phenoxy) is 1. The topological polar surface area (TPSA) is 77.2 Å². The van der Waals surface area contributed by atoms with Gasteiger partial charge in [-0.25, -0.2) is 4.68 Å². The van der Waals surface area contributed by atoms with Crippen molar-refractivity contribution in [1.82, 2.24) is 15.0 Å². The first-order valence-corrected chi connectivity index (χ1v) is 5.73. The van der Waals surface area contributed by atoms with E-state index < -0.39 is 11.7 Å². The number of nitrogens with zero attached hydrogens (tertiary/aromatic N) is 3. The first kappa shape index (κ1) is 12.5. The van der Waals surface area contributed by atoms with Crippen molar-refractivity contribution >= 4 is 17.0 Å². The molecular formula is C12H15N3O3. The Morgan fingerprint density at radius 3 is 2.94 bits per heavy atom. The fourth-order valence-electron chi connectivity index (χ4n) is 1.79. The van der Waals surface area contributed by atoms with E-state index in [9.17, 15) is 9.90 Å². The normalized spacial score (nSPS) is 14.4. The third kappa shape index (κ3) is 2.33. The molecular weight excluding hydrogens is 234 g/mol. The number of hydrogen-bond acceptors (Lipinski definition) is 5. The lowest BCUT2D eigenvalue weighted by molar-refractivity contribution is -0.152. The number of fused-ring (bicyclic) bond motifs is 1. The Kier molecular flexibility index (Phi) is 3.29. The number of carbonyl (C=O) groups is 1. The van der Waals surface area contributed by atoms with Gasteiger partial charge in [0.05, 0.1) is 18.5 Å². The van der Waals surface area contributed by atoms with Crippen molar-refractivity contribution in [3.05, 3.63) is 24.3 Å². The number of benzene rings is 1. The Morgan fingerprint density at radius 1 is 1.50 bits per heavy atom. The van der Waals surface area contributed by atoms with Crippen LogP contribution in [0.4, 0.5) is 0 Å². The number of aliphatic hydroxyl groups is 1. The maximum Gasteiger partial charge on any atom is 0.310 e. The van der Waals surface area contributed by atoms with Crippen LogP contribution in [0.25, 0.3) is 11.0 Å². The van der Waals surface area contributed by atoms with E-state index >= 15 is 0 Å². The van der Waals surface area contributed by atoms with Crippen LogP contribution in [0.3, 0.4) is 0 Å². The van der Waals surface area contributed by atoms with Gasteiger partial charge in [-0.1, -0.05) is 17.3 Å². The molecule has 1 aromatic heterocycles. The highest BCUT2D eigenvalue weighted by molar-refractivity contribution is 5.75. The first-order valence-electron chi connectivity index (χ1n) is 5.73. The molecule has 0 aliphatic rings. The number of rotatable bonds is 4. The minimum atomic E-state index is -1.46. The van der Waals surface area contributed by atoms with Crippen molar-refractivity contribution in [1.29, 1.82) is 0 Å². The van der Waals surface area contributed by atoms with Gasteiger partial charge in [0.15, 0.2) is 5.72 Å². The summed E-state index contributed by atoms with van der Waals surface area (Å²) in [5.41, 5.74) is -0.115. The van der Waals surface area contributed by atoms with E-state index in [1.807, 2.05) is 12.1 Å². The zero-order valence-electron chi connectivity index (χ0n) is 10.3. The van der Waals surface area contributed by atoms with Gasteiger partial charge in [-0.05, 0) is 26.0 Å². The predicted octanol–water partition coefficient (Wildman–Crippen LogP) is 1.05. The second kappa shape index (κ2) is 4.73. The maximum absolute atomic E-state index is 11.4. The molecule has 0 aliphatic heterocycles. The van der Waals surface area contributed by atoms with Crippen LogP contribution in [0.5, 0.6) is 0 Å². The molecule has 2 rings (SSSR count). The molecule has 0 bridgehead atoms. The van der Waals surface area contributed by atoms with E-state index in [2.05, 4.69) is 10.3 Å². The summed E-state index contributed by atoms with van der Waals surface area (Å²) in [5, 5.41) is 18.2. The quantitative estimate of drug-likeness (QED) is 0.819.